The number of nitrogen functional groups attached to an aromatic ring is 1. The second kappa shape index (κ2) is 6.76. The van der Waals surface area contributed by atoms with E-state index in [9.17, 15) is 4.79 Å². The Labute approximate surface area is 165 Å². The highest BCUT2D eigenvalue weighted by atomic mass is 16.2. The fraction of sp³-hybridized carbons (Fsp3) is 0.500. The van der Waals surface area contributed by atoms with E-state index >= 15 is 0 Å². The van der Waals surface area contributed by atoms with Crippen LogP contribution in [0.4, 0.5) is 11.6 Å². The summed E-state index contributed by atoms with van der Waals surface area (Å²) in [6.45, 7) is 2.81. The number of piperidine rings is 2. The van der Waals surface area contributed by atoms with Crippen LogP contribution in [0, 0.1) is 5.41 Å². The number of likely N-dealkylation sites (tertiary alicyclic amines) is 1. The van der Waals surface area contributed by atoms with E-state index in [0.717, 1.165) is 57.6 Å². The summed E-state index contributed by atoms with van der Waals surface area (Å²) >= 11 is 0. The molecule has 3 heterocycles. The highest BCUT2D eigenvalue weighted by molar-refractivity contribution is 5.85. The Morgan fingerprint density at radius 3 is 2.50 bits per heavy atom. The van der Waals surface area contributed by atoms with Gasteiger partial charge in [0.25, 0.3) is 0 Å². The molecule has 1 atom stereocenters. The van der Waals surface area contributed by atoms with Crippen molar-refractivity contribution in [1.29, 1.82) is 0 Å². The van der Waals surface area contributed by atoms with Gasteiger partial charge in [0.1, 0.15) is 18.0 Å². The SMILES string of the molecule is Nc1cc(N2CCC3(CC2)C[C@@H](c2ccccc2)C(=O)N(C2CC2)C3)ncn1. The maximum absolute atomic E-state index is 13.2. The number of aromatic nitrogens is 2. The molecule has 2 aromatic rings. The summed E-state index contributed by atoms with van der Waals surface area (Å²) in [5.41, 5.74) is 7.21. The molecule has 1 aromatic carbocycles. The van der Waals surface area contributed by atoms with Crippen molar-refractivity contribution in [3.8, 4) is 0 Å². The number of anilines is 2. The molecule has 3 fully saturated rings. The minimum Gasteiger partial charge on any atom is -0.384 e. The molecular formula is C22H27N5O. The predicted octanol–water partition coefficient (Wildman–Crippen LogP) is 2.82. The van der Waals surface area contributed by atoms with Crippen LogP contribution < -0.4 is 10.6 Å². The number of benzene rings is 1. The monoisotopic (exact) mass is 377 g/mol. The molecule has 1 spiro atoms. The maximum atomic E-state index is 13.2. The van der Waals surface area contributed by atoms with Crippen molar-refractivity contribution < 1.29 is 4.79 Å². The zero-order chi connectivity index (χ0) is 19.1. The first kappa shape index (κ1) is 17.5. The smallest absolute Gasteiger partial charge is 0.230 e. The van der Waals surface area contributed by atoms with Crippen LogP contribution in [0.15, 0.2) is 42.7 Å². The van der Waals surface area contributed by atoms with Crippen molar-refractivity contribution in [3.63, 3.8) is 0 Å². The number of nitrogens with two attached hydrogens (primary N) is 1. The van der Waals surface area contributed by atoms with Crippen LogP contribution in [0.1, 0.15) is 43.6 Å². The molecule has 6 heteroatoms. The Balaban J connectivity index is 1.37. The highest BCUT2D eigenvalue weighted by Crippen LogP contribution is 2.48. The lowest BCUT2D eigenvalue weighted by molar-refractivity contribution is -0.141. The summed E-state index contributed by atoms with van der Waals surface area (Å²) < 4.78 is 0. The third kappa shape index (κ3) is 3.21. The molecule has 1 saturated carbocycles. The number of carbonyl (C=O) groups excluding carboxylic acids is 1. The number of amides is 1. The van der Waals surface area contributed by atoms with Crippen LogP contribution in [-0.4, -0.2) is 46.5 Å². The predicted molar refractivity (Wildman–Crippen MR) is 109 cm³/mol. The number of nitrogens with zero attached hydrogens (tertiary/aromatic N) is 4. The fourth-order valence-electron chi connectivity index (χ4n) is 4.97. The van der Waals surface area contributed by atoms with Gasteiger partial charge in [-0.1, -0.05) is 30.3 Å². The Hall–Kier alpha value is -2.63. The van der Waals surface area contributed by atoms with Gasteiger partial charge in [-0.2, -0.15) is 0 Å². The van der Waals surface area contributed by atoms with Crippen LogP contribution in [0.5, 0.6) is 0 Å². The van der Waals surface area contributed by atoms with Crippen molar-refractivity contribution >= 4 is 17.5 Å². The van der Waals surface area contributed by atoms with Gasteiger partial charge in [-0.3, -0.25) is 4.79 Å². The zero-order valence-corrected chi connectivity index (χ0v) is 16.1. The molecule has 0 radical (unpaired) electrons. The molecule has 0 unspecified atom stereocenters. The van der Waals surface area contributed by atoms with Crippen molar-refractivity contribution in [2.24, 2.45) is 5.41 Å². The first-order valence-corrected chi connectivity index (χ1v) is 10.3. The molecule has 1 amide bonds. The van der Waals surface area contributed by atoms with Crippen LogP contribution in [0.25, 0.3) is 0 Å². The van der Waals surface area contributed by atoms with Crippen LogP contribution in [-0.2, 0) is 4.79 Å². The minimum absolute atomic E-state index is 0.00297. The third-order valence-corrected chi connectivity index (χ3v) is 6.74. The van der Waals surface area contributed by atoms with Crippen LogP contribution in [0.3, 0.4) is 0 Å². The van der Waals surface area contributed by atoms with Gasteiger partial charge in [0.2, 0.25) is 5.91 Å². The number of hydrogen-bond acceptors (Lipinski definition) is 5. The standard InChI is InChI=1S/C22H27N5O/c23-19-12-20(25-15-24-19)26-10-8-22(9-11-26)13-18(16-4-2-1-3-5-16)21(28)27(14-22)17-6-7-17/h1-5,12,15,17-18H,6-11,13-14H2,(H2,23,24,25)/t18-/m0/s1. The number of hydrogen-bond donors (Lipinski definition) is 1. The summed E-state index contributed by atoms with van der Waals surface area (Å²) in [5, 5.41) is 0. The van der Waals surface area contributed by atoms with Gasteiger partial charge in [0.15, 0.2) is 0 Å². The Kier molecular flexibility index (Phi) is 4.22. The Morgan fingerprint density at radius 2 is 1.82 bits per heavy atom. The lowest BCUT2D eigenvalue weighted by atomic mass is 9.67. The second-order valence-corrected chi connectivity index (χ2v) is 8.65. The quantitative estimate of drug-likeness (QED) is 0.890. The molecular weight excluding hydrogens is 350 g/mol. The molecule has 28 heavy (non-hydrogen) atoms. The molecule has 1 aromatic heterocycles. The number of carbonyl (C=O) groups is 1. The van der Waals surface area contributed by atoms with E-state index in [4.69, 9.17) is 5.73 Å². The molecule has 1 aliphatic carbocycles. The van der Waals surface area contributed by atoms with E-state index < -0.39 is 0 Å². The fourth-order valence-corrected chi connectivity index (χ4v) is 4.97. The van der Waals surface area contributed by atoms with Crippen molar-refractivity contribution in [2.75, 3.05) is 30.3 Å². The summed E-state index contributed by atoms with van der Waals surface area (Å²) in [6, 6.07) is 12.7. The van der Waals surface area contributed by atoms with Gasteiger partial charge >= 0.3 is 0 Å². The van der Waals surface area contributed by atoms with E-state index in [1.54, 1.807) is 0 Å². The van der Waals surface area contributed by atoms with Gasteiger partial charge in [0.05, 0.1) is 5.92 Å². The normalized spacial score (nSPS) is 24.6. The van der Waals surface area contributed by atoms with Gasteiger partial charge in [-0.25, -0.2) is 9.97 Å². The van der Waals surface area contributed by atoms with E-state index in [-0.39, 0.29) is 11.3 Å². The molecule has 5 rings (SSSR count). The van der Waals surface area contributed by atoms with Gasteiger partial charge in [0, 0.05) is 31.7 Å². The summed E-state index contributed by atoms with van der Waals surface area (Å²) in [4.78, 5) is 26.2. The highest BCUT2D eigenvalue weighted by Gasteiger charge is 2.49. The van der Waals surface area contributed by atoms with Crippen molar-refractivity contribution in [3.05, 3.63) is 48.3 Å². The minimum atomic E-state index is -0.00297. The topological polar surface area (TPSA) is 75.3 Å². The van der Waals surface area contributed by atoms with E-state index in [0.29, 0.717) is 17.8 Å². The van der Waals surface area contributed by atoms with E-state index in [1.165, 1.54) is 11.9 Å². The largest absolute Gasteiger partial charge is 0.384 e. The first-order valence-electron chi connectivity index (χ1n) is 10.3. The number of rotatable bonds is 3. The Bertz CT molecular complexity index is 858. The summed E-state index contributed by atoms with van der Waals surface area (Å²) in [6.07, 6.45) is 6.98. The van der Waals surface area contributed by atoms with Crippen molar-refractivity contribution in [1.82, 2.24) is 14.9 Å². The second-order valence-electron chi connectivity index (χ2n) is 8.65. The lowest BCUT2D eigenvalue weighted by Crippen LogP contribution is -2.54. The maximum Gasteiger partial charge on any atom is 0.230 e. The molecule has 2 N–H and O–H groups in total. The molecule has 6 nitrogen and oxygen atoms in total. The first-order chi connectivity index (χ1) is 13.6. The lowest BCUT2D eigenvalue weighted by Gasteiger charge is -2.50. The van der Waals surface area contributed by atoms with Crippen molar-refractivity contribution in [2.45, 2.75) is 44.1 Å². The van der Waals surface area contributed by atoms with E-state index in [1.807, 2.05) is 24.3 Å². The van der Waals surface area contributed by atoms with Gasteiger partial charge < -0.3 is 15.5 Å². The van der Waals surface area contributed by atoms with Gasteiger partial charge in [-0.05, 0) is 43.1 Å². The van der Waals surface area contributed by atoms with E-state index in [2.05, 4.69) is 31.9 Å². The Morgan fingerprint density at radius 1 is 1.07 bits per heavy atom. The molecule has 3 aliphatic rings. The third-order valence-electron chi connectivity index (χ3n) is 6.74. The summed E-state index contributed by atoms with van der Waals surface area (Å²) in [5.74, 6) is 1.76. The molecule has 146 valence electrons. The van der Waals surface area contributed by atoms with Gasteiger partial charge in [-0.15, -0.1) is 0 Å². The van der Waals surface area contributed by atoms with Crippen LogP contribution >= 0.6 is 0 Å². The average molecular weight is 377 g/mol. The molecule has 2 saturated heterocycles. The molecule has 0 bridgehead atoms. The van der Waals surface area contributed by atoms with Crippen LogP contribution in [0.2, 0.25) is 0 Å². The summed E-state index contributed by atoms with van der Waals surface area (Å²) in [7, 11) is 0. The zero-order valence-electron chi connectivity index (χ0n) is 16.1. The molecule has 2 aliphatic heterocycles. The average Bonchev–Trinajstić information content (AvgIpc) is 3.56.